The first-order valence-electron chi connectivity index (χ1n) is 10.7. The Balaban J connectivity index is 1.62. The third kappa shape index (κ3) is 4.65. The second-order valence-electron chi connectivity index (χ2n) is 7.82. The van der Waals surface area contributed by atoms with E-state index in [4.69, 9.17) is 25.8 Å². The first-order valence-corrected chi connectivity index (χ1v) is 11.1. The Labute approximate surface area is 203 Å². The van der Waals surface area contributed by atoms with Crippen molar-refractivity contribution in [3.63, 3.8) is 0 Å². The van der Waals surface area contributed by atoms with Crippen LogP contribution in [0.2, 0.25) is 5.02 Å². The molecule has 3 aromatic rings. The predicted octanol–water partition coefficient (Wildman–Crippen LogP) is 5.09. The third-order valence-electron chi connectivity index (χ3n) is 5.85. The number of rotatable bonds is 8. The van der Waals surface area contributed by atoms with Gasteiger partial charge >= 0.3 is 0 Å². The summed E-state index contributed by atoms with van der Waals surface area (Å²) in [7, 11) is 4.59. The lowest BCUT2D eigenvalue weighted by molar-refractivity contribution is -0.117. The summed E-state index contributed by atoms with van der Waals surface area (Å²) in [6.07, 6.45) is 0.0405. The number of methoxy groups -OCH3 is 3. The fourth-order valence-electron chi connectivity index (χ4n) is 4.10. The van der Waals surface area contributed by atoms with Gasteiger partial charge in [-0.25, -0.2) is 0 Å². The summed E-state index contributed by atoms with van der Waals surface area (Å²) in [6.45, 7) is 0.427. The number of nitrogens with one attached hydrogen (secondary N) is 1. The molecular weight excluding hydrogens is 456 g/mol. The number of carbonyl (C=O) groups excluding carboxylic acids is 2. The molecule has 0 fully saturated rings. The summed E-state index contributed by atoms with van der Waals surface area (Å²) in [4.78, 5) is 28.1. The number of amides is 2. The van der Waals surface area contributed by atoms with Crippen LogP contribution in [0.15, 0.2) is 60.7 Å². The van der Waals surface area contributed by atoms with Gasteiger partial charge in [0.15, 0.2) is 0 Å². The maximum Gasteiger partial charge on any atom is 0.255 e. The molecule has 1 aliphatic rings. The maximum atomic E-state index is 13.2. The van der Waals surface area contributed by atoms with Gasteiger partial charge in [-0.3, -0.25) is 9.59 Å². The van der Waals surface area contributed by atoms with Gasteiger partial charge in [0.2, 0.25) is 5.91 Å². The number of carbonyl (C=O) groups is 2. The van der Waals surface area contributed by atoms with Crippen LogP contribution in [-0.4, -0.2) is 38.0 Å². The molecule has 2 amide bonds. The van der Waals surface area contributed by atoms with E-state index in [9.17, 15) is 9.59 Å². The SMILES string of the molecule is COc1ccc([C@H](CC(=O)Nc2cc(Cl)c(OC)cc2OC)N2Cc3ccccc3C2=O)cc1. The molecule has 0 saturated heterocycles. The summed E-state index contributed by atoms with van der Waals surface area (Å²) in [5, 5.41) is 3.21. The third-order valence-corrected chi connectivity index (χ3v) is 6.15. The highest BCUT2D eigenvalue weighted by Gasteiger charge is 2.34. The summed E-state index contributed by atoms with van der Waals surface area (Å²) in [6, 6.07) is 17.6. The number of hydrogen-bond acceptors (Lipinski definition) is 5. The average molecular weight is 481 g/mol. The molecular formula is C26H25ClN2O5. The quantitative estimate of drug-likeness (QED) is 0.486. The van der Waals surface area contributed by atoms with Crippen LogP contribution >= 0.6 is 11.6 Å². The van der Waals surface area contributed by atoms with E-state index in [0.717, 1.165) is 11.1 Å². The van der Waals surface area contributed by atoms with Crippen molar-refractivity contribution in [1.82, 2.24) is 4.90 Å². The molecule has 0 radical (unpaired) electrons. The van der Waals surface area contributed by atoms with Crippen LogP contribution < -0.4 is 19.5 Å². The normalized spacial score (nSPS) is 13.3. The van der Waals surface area contributed by atoms with E-state index in [0.29, 0.717) is 40.1 Å². The smallest absolute Gasteiger partial charge is 0.255 e. The zero-order chi connectivity index (χ0) is 24.2. The van der Waals surface area contributed by atoms with E-state index in [2.05, 4.69) is 5.32 Å². The number of ether oxygens (including phenoxy) is 3. The minimum Gasteiger partial charge on any atom is -0.497 e. The minimum atomic E-state index is -0.481. The molecule has 0 spiro atoms. The van der Waals surface area contributed by atoms with Gasteiger partial charge in [-0.15, -0.1) is 0 Å². The lowest BCUT2D eigenvalue weighted by Gasteiger charge is -2.28. The van der Waals surface area contributed by atoms with Crippen molar-refractivity contribution in [2.75, 3.05) is 26.6 Å². The fraction of sp³-hybridized carbons (Fsp3) is 0.231. The fourth-order valence-corrected chi connectivity index (χ4v) is 4.34. The Bertz CT molecular complexity index is 1210. The average Bonchev–Trinajstić information content (AvgIpc) is 3.19. The molecule has 176 valence electrons. The van der Waals surface area contributed by atoms with Gasteiger partial charge in [-0.2, -0.15) is 0 Å². The van der Waals surface area contributed by atoms with Crippen molar-refractivity contribution in [1.29, 1.82) is 0 Å². The Morgan fingerprint density at radius 2 is 1.71 bits per heavy atom. The molecule has 8 heteroatoms. The highest BCUT2D eigenvalue weighted by molar-refractivity contribution is 6.32. The van der Waals surface area contributed by atoms with Crippen molar-refractivity contribution in [2.24, 2.45) is 0 Å². The first kappa shape index (κ1) is 23.4. The van der Waals surface area contributed by atoms with Crippen molar-refractivity contribution < 1.29 is 23.8 Å². The van der Waals surface area contributed by atoms with E-state index >= 15 is 0 Å². The molecule has 1 N–H and O–H groups in total. The van der Waals surface area contributed by atoms with Crippen LogP contribution in [0.25, 0.3) is 0 Å². The van der Waals surface area contributed by atoms with E-state index in [1.165, 1.54) is 14.2 Å². The largest absolute Gasteiger partial charge is 0.497 e. The standard InChI is InChI=1S/C26H25ClN2O5/c1-32-18-10-8-16(9-11-18)22(29-15-17-6-4-5-7-19(17)26(29)31)13-25(30)28-21-12-20(27)23(33-2)14-24(21)34-3/h4-12,14,22H,13,15H2,1-3H3,(H,28,30)/t22-/m0/s1. The lowest BCUT2D eigenvalue weighted by Crippen LogP contribution is -2.32. The number of halogens is 1. The molecule has 34 heavy (non-hydrogen) atoms. The monoisotopic (exact) mass is 480 g/mol. The zero-order valence-corrected chi connectivity index (χ0v) is 19.9. The minimum absolute atomic E-state index is 0.0405. The van der Waals surface area contributed by atoms with Crippen molar-refractivity contribution in [3.05, 3.63) is 82.4 Å². The van der Waals surface area contributed by atoms with Gasteiger partial charge in [0, 0.05) is 18.2 Å². The summed E-state index contributed by atoms with van der Waals surface area (Å²) >= 11 is 6.25. The van der Waals surface area contributed by atoms with Crippen LogP contribution in [-0.2, 0) is 11.3 Å². The molecule has 1 atom stereocenters. The van der Waals surface area contributed by atoms with Crippen LogP contribution in [0.4, 0.5) is 5.69 Å². The van der Waals surface area contributed by atoms with Gasteiger partial charge in [0.05, 0.1) is 44.5 Å². The number of benzene rings is 3. The zero-order valence-electron chi connectivity index (χ0n) is 19.1. The van der Waals surface area contributed by atoms with E-state index < -0.39 is 6.04 Å². The van der Waals surface area contributed by atoms with Gasteiger partial charge in [0.25, 0.3) is 5.91 Å². The summed E-state index contributed by atoms with van der Waals surface area (Å²) < 4.78 is 15.9. The topological polar surface area (TPSA) is 77.1 Å². The molecule has 1 heterocycles. The maximum absolute atomic E-state index is 13.2. The molecule has 0 bridgehead atoms. The predicted molar refractivity (Wildman–Crippen MR) is 130 cm³/mol. The Morgan fingerprint density at radius 1 is 1.00 bits per heavy atom. The molecule has 0 aromatic heterocycles. The second-order valence-corrected chi connectivity index (χ2v) is 8.23. The number of nitrogens with zero attached hydrogens (tertiary/aromatic N) is 1. The van der Waals surface area contributed by atoms with Crippen LogP contribution in [0.3, 0.4) is 0 Å². The Kier molecular flexibility index (Phi) is 6.93. The van der Waals surface area contributed by atoms with E-state index in [1.807, 2.05) is 48.5 Å². The number of hydrogen-bond donors (Lipinski definition) is 1. The Morgan fingerprint density at radius 3 is 2.35 bits per heavy atom. The van der Waals surface area contributed by atoms with Crippen molar-refractivity contribution >= 4 is 29.1 Å². The highest BCUT2D eigenvalue weighted by Crippen LogP contribution is 2.37. The molecule has 0 unspecified atom stereocenters. The molecule has 3 aromatic carbocycles. The summed E-state index contributed by atoms with van der Waals surface area (Å²) in [5.41, 5.74) is 2.85. The van der Waals surface area contributed by atoms with Crippen LogP contribution in [0, 0.1) is 0 Å². The molecule has 4 rings (SSSR count). The van der Waals surface area contributed by atoms with Crippen molar-refractivity contribution in [2.45, 2.75) is 19.0 Å². The van der Waals surface area contributed by atoms with E-state index in [1.54, 1.807) is 24.1 Å². The van der Waals surface area contributed by atoms with Gasteiger partial charge < -0.3 is 24.4 Å². The van der Waals surface area contributed by atoms with Crippen molar-refractivity contribution in [3.8, 4) is 17.2 Å². The van der Waals surface area contributed by atoms with Gasteiger partial charge in [0.1, 0.15) is 17.2 Å². The van der Waals surface area contributed by atoms with E-state index in [-0.39, 0.29) is 18.2 Å². The second kappa shape index (κ2) is 10.1. The number of fused-ring (bicyclic) bond motifs is 1. The molecule has 1 aliphatic heterocycles. The molecule has 7 nitrogen and oxygen atoms in total. The summed E-state index contributed by atoms with van der Waals surface area (Å²) in [5.74, 6) is 1.16. The first-order chi connectivity index (χ1) is 16.4. The van der Waals surface area contributed by atoms with Crippen LogP contribution in [0.5, 0.6) is 17.2 Å². The number of anilines is 1. The van der Waals surface area contributed by atoms with Gasteiger partial charge in [-0.05, 0) is 35.4 Å². The lowest BCUT2D eigenvalue weighted by atomic mass is 10.0. The Hall–Kier alpha value is -3.71. The molecule has 0 aliphatic carbocycles. The highest BCUT2D eigenvalue weighted by atomic mass is 35.5. The van der Waals surface area contributed by atoms with Gasteiger partial charge in [-0.1, -0.05) is 41.9 Å². The van der Waals surface area contributed by atoms with Crippen LogP contribution in [0.1, 0.15) is 33.9 Å². The molecule has 0 saturated carbocycles.